The molecule has 1 atom stereocenters. The van der Waals surface area contributed by atoms with Gasteiger partial charge in [0.15, 0.2) is 5.65 Å². The number of fused-ring (bicyclic) bond motifs is 1. The van der Waals surface area contributed by atoms with Crippen LogP contribution in [-0.4, -0.2) is 31.2 Å². The quantitative estimate of drug-likeness (QED) is 0.402. The second-order valence-corrected chi connectivity index (χ2v) is 8.36. The molecule has 0 unspecified atom stereocenters. The van der Waals surface area contributed by atoms with Crippen molar-refractivity contribution in [2.75, 3.05) is 11.9 Å². The van der Waals surface area contributed by atoms with E-state index in [4.69, 9.17) is 4.74 Å². The minimum Gasteiger partial charge on any atom is -0.463 e. The molecule has 3 aromatic heterocycles. The zero-order valence-electron chi connectivity index (χ0n) is 18.2. The SMILES string of the molecule is C[C@H](Nc1cc(-c2cnn3cccnc23)nc(OCC2CCCC2)n1)c1ccc(F)cc1F.[HH]. The first-order chi connectivity index (χ1) is 16.1. The Kier molecular flexibility index (Phi) is 5.85. The Hall–Kier alpha value is -3.62. The van der Waals surface area contributed by atoms with Gasteiger partial charge in [-0.2, -0.15) is 15.1 Å². The number of nitrogens with zero attached hydrogens (tertiary/aromatic N) is 5. The number of hydrogen-bond acceptors (Lipinski definition) is 6. The molecule has 33 heavy (non-hydrogen) atoms. The average Bonchev–Trinajstić information content (AvgIpc) is 3.47. The predicted octanol–water partition coefficient (Wildman–Crippen LogP) is 5.45. The van der Waals surface area contributed by atoms with Gasteiger partial charge in [-0.15, -0.1) is 0 Å². The molecule has 5 rings (SSSR count). The molecule has 0 bridgehead atoms. The standard InChI is InChI=1S/C24H24F2N6O.H2/c1-15(18-8-7-17(25)11-20(18)26)29-22-12-21(19-13-28-32-10-4-9-27-23(19)32)30-24(31-22)33-14-16-5-2-3-6-16;/h4,7-13,15-16H,2-3,5-6,14H2,1H3,(H,29,30,31);1H/t15-;/m0./s1. The van der Waals surface area contributed by atoms with Gasteiger partial charge >= 0.3 is 6.01 Å². The van der Waals surface area contributed by atoms with Crippen LogP contribution in [0.1, 0.15) is 45.6 Å². The Bertz CT molecular complexity index is 1280. The van der Waals surface area contributed by atoms with Crippen LogP contribution in [0, 0.1) is 17.6 Å². The van der Waals surface area contributed by atoms with Crippen molar-refractivity contribution >= 4 is 11.5 Å². The van der Waals surface area contributed by atoms with Crippen LogP contribution in [0.5, 0.6) is 6.01 Å². The summed E-state index contributed by atoms with van der Waals surface area (Å²) in [5.41, 5.74) is 2.31. The van der Waals surface area contributed by atoms with Crippen molar-refractivity contribution in [3.8, 4) is 17.3 Å². The molecule has 7 nitrogen and oxygen atoms in total. The Labute approximate surface area is 191 Å². The summed E-state index contributed by atoms with van der Waals surface area (Å²) in [6.07, 6.45) is 9.92. The van der Waals surface area contributed by atoms with Gasteiger partial charge < -0.3 is 10.1 Å². The summed E-state index contributed by atoms with van der Waals surface area (Å²) in [5, 5.41) is 7.54. The van der Waals surface area contributed by atoms with E-state index in [2.05, 4.69) is 25.4 Å². The molecule has 0 radical (unpaired) electrons. The van der Waals surface area contributed by atoms with Gasteiger partial charge in [0.2, 0.25) is 0 Å². The first kappa shape index (κ1) is 21.2. The summed E-state index contributed by atoms with van der Waals surface area (Å²) < 4.78 is 35.3. The van der Waals surface area contributed by atoms with Crippen LogP contribution in [0.15, 0.2) is 48.9 Å². The number of benzene rings is 1. The maximum absolute atomic E-state index is 14.3. The summed E-state index contributed by atoms with van der Waals surface area (Å²) in [6, 6.07) is 6.87. The van der Waals surface area contributed by atoms with Crippen LogP contribution in [0.4, 0.5) is 14.6 Å². The molecule has 3 heterocycles. The highest BCUT2D eigenvalue weighted by Gasteiger charge is 2.19. The molecule has 4 aromatic rings. The zero-order chi connectivity index (χ0) is 22.8. The molecular formula is C24H26F2N6O. The highest BCUT2D eigenvalue weighted by atomic mass is 19.1. The lowest BCUT2D eigenvalue weighted by atomic mass is 10.1. The van der Waals surface area contributed by atoms with E-state index in [-0.39, 0.29) is 7.44 Å². The van der Waals surface area contributed by atoms with Gasteiger partial charge in [-0.05, 0) is 37.8 Å². The lowest BCUT2D eigenvalue weighted by molar-refractivity contribution is 0.234. The number of hydrogen-bond donors (Lipinski definition) is 1. The van der Waals surface area contributed by atoms with Crippen LogP contribution in [0.3, 0.4) is 0 Å². The molecule has 1 N–H and O–H groups in total. The van der Waals surface area contributed by atoms with E-state index in [1.54, 1.807) is 36.0 Å². The van der Waals surface area contributed by atoms with Crippen molar-refractivity contribution < 1.29 is 14.9 Å². The number of nitrogens with one attached hydrogen (secondary N) is 1. The summed E-state index contributed by atoms with van der Waals surface area (Å²) in [6.45, 7) is 2.34. The Morgan fingerprint density at radius 1 is 1.21 bits per heavy atom. The van der Waals surface area contributed by atoms with Gasteiger partial charge in [0.05, 0.1) is 30.1 Å². The topological polar surface area (TPSA) is 77.2 Å². The molecule has 1 aromatic carbocycles. The van der Waals surface area contributed by atoms with E-state index in [0.29, 0.717) is 35.2 Å². The van der Waals surface area contributed by atoms with E-state index in [9.17, 15) is 8.78 Å². The molecule has 0 amide bonds. The lowest BCUT2D eigenvalue weighted by Gasteiger charge is -2.17. The third kappa shape index (κ3) is 4.62. The van der Waals surface area contributed by atoms with Crippen LogP contribution < -0.4 is 10.1 Å². The number of anilines is 1. The van der Waals surface area contributed by atoms with Crippen LogP contribution in [0.2, 0.25) is 0 Å². The lowest BCUT2D eigenvalue weighted by Crippen LogP contribution is -2.13. The zero-order valence-corrected chi connectivity index (χ0v) is 18.2. The summed E-state index contributed by atoms with van der Waals surface area (Å²) in [7, 11) is 0. The average molecular weight is 453 g/mol. The fourth-order valence-electron chi connectivity index (χ4n) is 4.23. The summed E-state index contributed by atoms with van der Waals surface area (Å²) in [5.74, 6) is -0.266. The van der Waals surface area contributed by atoms with Gasteiger partial charge in [0, 0.05) is 31.5 Å². The first-order valence-corrected chi connectivity index (χ1v) is 11.1. The van der Waals surface area contributed by atoms with E-state index in [1.807, 2.05) is 6.20 Å². The fraction of sp³-hybridized carbons (Fsp3) is 0.333. The molecule has 0 aliphatic heterocycles. The van der Waals surface area contributed by atoms with Crippen LogP contribution in [0.25, 0.3) is 16.9 Å². The van der Waals surface area contributed by atoms with Crippen molar-refractivity contribution in [2.24, 2.45) is 5.92 Å². The third-order valence-electron chi connectivity index (χ3n) is 5.98. The molecule has 1 fully saturated rings. The number of halogens is 2. The second kappa shape index (κ2) is 9.09. The first-order valence-electron chi connectivity index (χ1n) is 11.1. The van der Waals surface area contributed by atoms with Crippen LogP contribution >= 0.6 is 0 Å². The number of aromatic nitrogens is 5. The number of rotatable bonds is 7. The molecule has 1 aliphatic carbocycles. The monoisotopic (exact) mass is 452 g/mol. The smallest absolute Gasteiger partial charge is 0.318 e. The molecule has 1 aliphatic rings. The van der Waals surface area contributed by atoms with Gasteiger partial charge in [-0.3, -0.25) is 0 Å². The Morgan fingerprint density at radius 2 is 2.06 bits per heavy atom. The second-order valence-electron chi connectivity index (χ2n) is 8.36. The van der Waals surface area contributed by atoms with E-state index < -0.39 is 17.7 Å². The molecular weight excluding hydrogens is 426 g/mol. The molecule has 0 spiro atoms. The molecule has 172 valence electrons. The molecule has 0 saturated heterocycles. The minimum atomic E-state index is -0.617. The fourth-order valence-corrected chi connectivity index (χ4v) is 4.23. The Balaban J connectivity index is 0.00000274. The highest BCUT2D eigenvalue weighted by molar-refractivity contribution is 5.75. The maximum Gasteiger partial charge on any atom is 0.318 e. The highest BCUT2D eigenvalue weighted by Crippen LogP contribution is 2.29. The van der Waals surface area contributed by atoms with Crippen molar-refractivity contribution in [3.05, 3.63) is 66.1 Å². The van der Waals surface area contributed by atoms with Gasteiger partial charge in [-0.25, -0.2) is 18.3 Å². The summed E-state index contributed by atoms with van der Waals surface area (Å²) in [4.78, 5) is 13.5. The van der Waals surface area contributed by atoms with Gasteiger partial charge in [-0.1, -0.05) is 18.9 Å². The van der Waals surface area contributed by atoms with Gasteiger partial charge in [0.25, 0.3) is 0 Å². The van der Waals surface area contributed by atoms with Crippen LogP contribution in [-0.2, 0) is 0 Å². The van der Waals surface area contributed by atoms with E-state index in [0.717, 1.165) is 24.5 Å². The molecule has 9 heteroatoms. The maximum atomic E-state index is 14.3. The minimum absolute atomic E-state index is 0. The van der Waals surface area contributed by atoms with Crippen molar-refractivity contribution in [3.63, 3.8) is 0 Å². The van der Waals surface area contributed by atoms with Crippen molar-refractivity contribution in [1.29, 1.82) is 0 Å². The van der Waals surface area contributed by atoms with Crippen molar-refractivity contribution in [1.82, 2.24) is 24.6 Å². The normalized spacial score (nSPS) is 15.1. The van der Waals surface area contributed by atoms with Crippen molar-refractivity contribution in [2.45, 2.75) is 38.6 Å². The largest absolute Gasteiger partial charge is 0.463 e. The van der Waals surface area contributed by atoms with E-state index >= 15 is 0 Å². The van der Waals surface area contributed by atoms with Gasteiger partial charge in [0.1, 0.15) is 17.5 Å². The Morgan fingerprint density at radius 3 is 2.88 bits per heavy atom. The number of ether oxygens (including phenoxy) is 1. The third-order valence-corrected chi connectivity index (χ3v) is 5.98. The van der Waals surface area contributed by atoms with E-state index in [1.165, 1.54) is 25.0 Å². The predicted molar refractivity (Wildman–Crippen MR) is 122 cm³/mol. The molecule has 1 saturated carbocycles. The summed E-state index contributed by atoms with van der Waals surface area (Å²) >= 11 is 0.